The van der Waals surface area contributed by atoms with Crippen LogP contribution in [0.4, 0.5) is 0 Å². The molecule has 0 saturated carbocycles. The Labute approximate surface area is 118 Å². The highest BCUT2D eigenvalue weighted by molar-refractivity contribution is 9.10. The second kappa shape index (κ2) is 5.31. The standard InChI is InChI=1S/C13H23BrN4/c1-5-18-11(12(14)10(2)16-18)8-17-7-6-15-9-13(17,3)4/h15H,5-9H2,1-4H3. The summed E-state index contributed by atoms with van der Waals surface area (Å²) >= 11 is 3.68. The molecule has 1 aliphatic rings. The number of piperazine rings is 1. The quantitative estimate of drug-likeness (QED) is 0.928. The zero-order valence-corrected chi connectivity index (χ0v) is 13.3. The molecule has 0 aromatic carbocycles. The Kier molecular flexibility index (Phi) is 4.14. The van der Waals surface area contributed by atoms with Crippen molar-refractivity contribution in [2.75, 3.05) is 19.6 Å². The molecule has 18 heavy (non-hydrogen) atoms. The Hall–Kier alpha value is -0.390. The number of aromatic nitrogens is 2. The van der Waals surface area contributed by atoms with E-state index in [9.17, 15) is 0 Å². The molecule has 1 N–H and O–H groups in total. The molecule has 0 spiro atoms. The lowest BCUT2D eigenvalue weighted by molar-refractivity contribution is 0.0796. The molecule has 0 atom stereocenters. The molecule has 2 heterocycles. The van der Waals surface area contributed by atoms with Crippen LogP contribution < -0.4 is 5.32 Å². The summed E-state index contributed by atoms with van der Waals surface area (Å²) < 4.78 is 3.27. The fraction of sp³-hybridized carbons (Fsp3) is 0.769. The number of aryl methyl sites for hydroxylation is 2. The lowest BCUT2D eigenvalue weighted by Gasteiger charge is -2.42. The molecule has 0 aliphatic carbocycles. The maximum atomic E-state index is 4.57. The normalized spacial score (nSPS) is 20.3. The van der Waals surface area contributed by atoms with Crippen LogP contribution >= 0.6 is 15.9 Å². The van der Waals surface area contributed by atoms with Gasteiger partial charge in [0, 0.05) is 38.3 Å². The van der Waals surface area contributed by atoms with Crippen LogP contribution in [-0.4, -0.2) is 39.9 Å². The van der Waals surface area contributed by atoms with Crippen molar-refractivity contribution in [3.8, 4) is 0 Å². The van der Waals surface area contributed by atoms with Gasteiger partial charge in [-0.05, 0) is 43.6 Å². The second-order valence-electron chi connectivity index (χ2n) is 5.57. The van der Waals surface area contributed by atoms with Crippen molar-refractivity contribution < 1.29 is 0 Å². The maximum absolute atomic E-state index is 4.57. The highest BCUT2D eigenvalue weighted by atomic mass is 79.9. The van der Waals surface area contributed by atoms with E-state index in [1.807, 2.05) is 0 Å². The molecule has 2 rings (SSSR count). The van der Waals surface area contributed by atoms with Crippen molar-refractivity contribution in [1.29, 1.82) is 0 Å². The van der Waals surface area contributed by atoms with Gasteiger partial charge in [0.05, 0.1) is 15.9 Å². The molecular formula is C13H23BrN4. The molecule has 0 amide bonds. The molecule has 0 unspecified atom stereocenters. The van der Waals surface area contributed by atoms with Gasteiger partial charge in [-0.25, -0.2) is 0 Å². The highest BCUT2D eigenvalue weighted by Gasteiger charge is 2.30. The van der Waals surface area contributed by atoms with Crippen molar-refractivity contribution in [1.82, 2.24) is 20.0 Å². The van der Waals surface area contributed by atoms with Crippen LogP contribution in [0.1, 0.15) is 32.2 Å². The van der Waals surface area contributed by atoms with Crippen molar-refractivity contribution >= 4 is 15.9 Å². The largest absolute Gasteiger partial charge is 0.314 e. The summed E-state index contributed by atoms with van der Waals surface area (Å²) in [5.41, 5.74) is 2.58. The lowest BCUT2D eigenvalue weighted by Crippen LogP contribution is -2.57. The Bertz CT molecular complexity index is 425. The van der Waals surface area contributed by atoms with Gasteiger partial charge >= 0.3 is 0 Å². The molecule has 0 radical (unpaired) electrons. The molecule has 0 bridgehead atoms. The molecule has 5 heteroatoms. The number of nitrogens with zero attached hydrogens (tertiary/aromatic N) is 3. The van der Waals surface area contributed by atoms with E-state index in [2.05, 4.69) is 63.6 Å². The minimum atomic E-state index is 0.203. The molecule has 4 nitrogen and oxygen atoms in total. The summed E-state index contributed by atoms with van der Waals surface area (Å²) in [6, 6.07) is 0. The number of halogens is 1. The minimum Gasteiger partial charge on any atom is -0.314 e. The zero-order valence-electron chi connectivity index (χ0n) is 11.8. The average molecular weight is 315 g/mol. The van der Waals surface area contributed by atoms with Gasteiger partial charge in [-0.1, -0.05) is 0 Å². The molecule has 1 aliphatic heterocycles. The van der Waals surface area contributed by atoms with E-state index in [4.69, 9.17) is 0 Å². The minimum absolute atomic E-state index is 0.203. The Morgan fingerprint density at radius 1 is 1.44 bits per heavy atom. The van der Waals surface area contributed by atoms with Gasteiger partial charge in [0.15, 0.2) is 0 Å². The maximum Gasteiger partial charge on any atom is 0.0739 e. The molecule has 1 fully saturated rings. The van der Waals surface area contributed by atoms with Crippen LogP contribution in [0.5, 0.6) is 0 Å². The van der Waals surface area contributed by atoms with Crippen LogP contribution in [0, 0.1) is 6.92 Å². The topological polar surface area (TPSA) is 33.1 Å². The van der Waals surface area contributed by atoms with Crippen molar-refractivity contribution in [3.63, 3.8) is 0 Å². The Morgan fingerprint density at radius 2 is 2.17 bits per heavy atom. The van der Waals surface area contributed by atoms with Crippen LogP contribution in [-0.2, 0) is 13.1 Å². The first-order valence-corrected chi connectivity index (χ1v) is 7.42. The van der Waals surface area contributed by atoms with Gasteiger partial charge in [0.25, 0.3) is 0 Å². The first-order chi connectivity index (χ1) is 8.45. The summed E-state index contributed by atoms with van der Waals surface area (Å²) in [5.74, 6) is 0. The molecule has 1 saturated heterocycles. The zero-order chi connectivity index (χ0) is 13.3. The third-order valence-electron chi connectivity index (χ3n) is 3.77. The van der Waals surface area contributed by atoms with Gasteiger partial charge in [0.1, 0.15) is 0 Å². The van der Waals surface area contributed by atoms with Gasteiger partial charge in [0.2, 0.25) is 0 Å². The van der Waals surface area contributed by atoms with E-state index in [1.54, 1.807) is 0 Å². The fourth-order valence-corrected chi connectivity index (χ4v) is 2.93. The van der Waals surface area contributed by atoms with E-state index in [0.717, 1.165) is 38.4 Å². The van der Waals surface area contributed by atoms with Crippen LogP contribution in [0.25, 0.3) is 0 Å². The van der Waals surface area contributed by atoms with E-state index in [0.29, 0.717) is 0 Å². The Morgan fingerprint density at radius 3 is 2.78 bits per heavy atom. The van der Waals surface area contributed by atoms with Gasteiger partial charge in [-0.15, -0.1) is 0 Å². The van der Waals surface area contributed by atoms with Gasteiger partial charge in [-0.3, -0.25) is 9.58 Å². The van der Waals surface area contributed by atoms with Gasteiger partial charge in [-0.2, -0.15) is 5.10 Å². The second-order valence-corrected chi connectivity index (χ2v) is 6.37. The molecule has 1 aromatic heterocycles. The fourth-order valence-electron chi connectivity index (χ4n) is 2.52. The number of rotatable bonds is 3. The van der Waals surface area contributed by atoms with Crippen LogP contribution in [0.15, 0.2) is 4.47 Å². The molecular weight excluding hydrogens is 292 g/mol. The Balaban J connectivity index is 2.23. The summed E-state index contributed by atoms with van der Waals surface area (Å²) in [6.45, 7) is 13.9. The number of hydrogen-bond donors (Lipinski definition) is 1. The third-order valence-corrected chi connectivity index (χ3v) is 4.80. The molecule has 102 valence electrons. The average Bonchev–Trinajstić information content (AvgIpc) is 2.59. The third kappa shape index (κ3) is 2.63. The summed E-state index contributed by atoms with van der Waals surface area (Å²) in [4.78, 5) is 2.54. The van der Waals surface area contributed by atoms with E-state index < -0.39 is 0 Å². The molecule has 1 aromatic rings. The van der Waals surface area contributed by atoms with E-state index in [1.165, 1.54) is 10.2 Å². The SMILES string of the molecule is CCn1nc(C)c(Br)c1CN1CCNCC1(C)C. The first kappa shape index (κ1) is 14.0. The van der Waals surface area contributed by atoms with Crippen molar-refractivity contribution in [2.45, 2.75) is 46.3 Å². The number of hydrogen-bond acceptors (Lipinski definition) is 3. The van der Waals surface area contributed by atoms with E-state index in [-0.39, 0.29) is 5.54 Å². The smallest absolute Gasteiger partial charge is 0.0739 e. The van der Waals surface area contributed by atoms with E-state index >= 15 is 0 Å². The highest BCUT2D eigenvalue weighted by Crippen LogP contribution is 2.26. The summed E-state index contributed by atoms with van der Waals surface area (Å²) in [6.07, 6.45) is 0. The number of nitrogens with one attached hydrogen (secondary N) is 1. The summed E-state index contributed by atoms with van der Waals surface area (Å²) in [7, 11) is 0. The first-order valence-electron chi connectivity index (χ1n) is 6.63. The predicted octanol–water partition coefficient (Wildman–Crippen LogP) is 2.16. The predicted molar refractivity (Wildman–Crippen MR) is 77.7 cm³/mol. The van der Waals surface area contributed by atoms with Crippen molar-refractivity contribution in [3.05, 3.63) is 15.9 Å². The van der Waals surface area contributed by atoms with Crippen LogP contribution in [0.3, 0.4) is 0 Å². The monoisotopic (exact) mass is 314 g/mol. The summed E-state index contributed by atoms with van der Waals surface area (Å²) in [5, 5.41) is 8.03. The van der Waals surface area contributed by atoms with Gasteiger partial charge < -0.3 is 5.32 Å². The van der Waals surface area contributed by atoms with Crippen molar-refractivity contribution in [2.24, 2.45) is 0 Å². The lowest BCUT2D eigenvalue weighted by atomic mass is 10.00. The van der Waals surface area contributed by atoms with Crippen LogP contribution in [0.2, 0.25) is 0 Å².